The van der Waals surface area contributed by atoms with Crippen LogP contribution in [0.1, 0.15) is 39.7 Å². The van der Waals surface area contributed by atoms with Gasteiger partial charge in [-0.1, -0.05) is 18.2 Å². The van der Waals surface area contributed by atoms with Crippen LogP contribution in [0.3, 0.4) is 0 Å². The highest BCUT2D eigenvalue weighted by atomic mass is 14.9. The third kappa shape index (κ3) is 2.91. The third-order valence-corrected chi connectivity index (χ3v) is 4.19. The van der Waals surface area contributed by atoms with E-state index in [0.717, 1.165) is 23.5 Å². The van der Waals surface area contributed by atoms with E-state index in [9.17, 15) is 0 Å². The lowest BCUT2D eigenvalue weighted by Gasteiger charge is -2.19. The fourth-order valence-corrected chi connectivity index (χ4v) is 2.83. The van der Waals surface area contributed by atoms with Gasteiger partial charge in [0, 0.05) is 35.6 Å². The van der Waals surface area contributed by atoms with E-state index in [2.05, 4.69) is 58.0 Å². The summed E-state index contributed by atoms with van der Waals surface area (Å²) in [5.41, 5.74) is 7.11. The van der Waals surface area contributed by atoms with Crippen LogP contribution in [0.4, 0.5) is 0 Å². The van der Waals surface area contributed by atoms with Crippen LogP contribution in [0.25, 0.3) is 0 Å². The quantitative estimate of drug-likeness (QED) is 0.800. The first-order valence-corrected chi connectivity index (χ1v) is 7.47. The molecule has 0 aliphatic rings. The lowest BCUT2D eigenvalue weighted by molar-refractivity contribution is 0.749. The van der Waals surface area contributed by atoms with Crippen molar-refractivity contribution in [2.75, 3.05) is 0 Å². The lowest BCUT2D eigenvalue weighted by atomic mass is 9.87. The van der Waals surface area contributed by atoms with Gasteiger partial charge in [-0.3, -0.25) is 0 Å². The number of H-pyrrole nitrogens is 1. The van der Waals surface area contributed by atoms with Gasteiger partial charge < -0.3 is 4.98 Å². The first kappa shape index (κ1) is 14.4. The molecule has 1 aromatic carbocycles. The molecule has 22 heavy (non-hydrogen) atoms. The number of benzene rings is 1. The molecule has 3 aromatic rings. The van der Waals surface area contributed by atoms with Crippen molar-refractivity contribution in [3.05, 3.63) is 76.9 Å². The summed E-state index contributed by atoms with van der Waals surface area (Å²) in [6.07, 6.45) is 6.10. The van der Waals surface area contributed by atoms with Crippen LogP contribution in [-0.4, -0.2) is 19.9 Å². The van der Waals surface area contributed by atoms with E-state index < -0.39 is 0 Å². The minimum Gasteiger partial charge on any atom is -0.348 e. The highest BCUT2D eigenvalue weighted by Gasteiger charge is 2.19. The molecule has 0 saturated heterocycles. The Kier molecular flexibility index (Phi) is 4.00. The molecular weight excluding hydrogens is 272 g/mol. The second kappa shape index (κ2) is 6.10. The number of aromatic amines is 1. The molecule has 0 radical (unpaired) electrons. The highest BCUT2D eigenvalue weighted by Crippen LogP contribution is 2.30. The lowest BCUT2D eigenvalue weighted by Crippen LogP contribution is -2.09. The molecule has 0 spiro atoms. The molecule has 0 saturated carbocycles. The molecule has 2 heterocycles. The van der Waals surface area contributed by atoms with Gasteiger partial charge in [-0.05, 0) is 43.5 Å². The van der Waals surface area contributed by atoms with Crippen molar-refractivity contribution in [3.63, 3.8) is 0 Å². The monoisotopic (exact) mass is 292 g/mol. The van der Waals surface area contributed by atoms with Crippen LogP contribution in [0, 0.1) is 20.8 Å². The number of nitrogens with one attached hydrogen (secondary N) is 1. The van der Waals surface area contributed by atoms with Crippen molar-refractivity contribution >= 4 is 0 Å². The van der Waals surface area contributed by atoms with E-state index >= 15 is 0 Å². The number of hydrogen-bond acceptors (Lipinski definition) is 3. The fraction of sp³-hybridized carbons (Fsp3) is 0.278. The summed E-state index contributed by atoms with van der Waals surface area (Å²) in [6.45, 7) is 6.32. The molecule has 112 valence electrons. The topological polar surface area (TPSA) is 54.5 Å². The second-order valence-electron chi connectivity index (χ2n) is 5.70. The van der Waals surface area contributed by atoms with Crippen LogP contribution >= 0.6 is 0 Å². The van der Waals surface area contributed by atoms with Crippen LogP contribution in [0.2, 0.25) is 0 Å². The van der Waals surface area contributed by atoms with Gasteiger partial charge in [0.1, 0.15) is 6.33 Å². The van der Waals surface area contributed by atoms with E-state index in [1.165, 1.54) is 16.7 Å². The van der Waals surface area contributed by atoms with E-state index in [0.29, 0.717) is 0 Å². The number of hydrogen-bond donors (Lipinski definition) is 1. The average molecular weight is 292 g/mol. The number of imidazole rings is 1. The molecule has 0 aliphatic carbocycles. The maximum atomic E-state index is 4.42. The predicted molar refractivity (Wildman–Crippen MR) is 86.8 cm³/mol. The van der Waals surface area contributed by atoms with Gasteiger partial charge in [-0.15, -0.1) is 0 Å². The van der Waals surface area contributed by atoms with Crippen molar-refractivity contribution < 1.29 is 0 Å². The Hall–Kier alpha value is -2.49. The Morgan fingerprint density at radius 1 is 1.14 bits per heavy atom. The Morgan fingerprint density at radius 3 is 2.73 bits per heavy atom. The van der Waals surface area contributed by atoms with Crippen molar-refractivity contribution in [1.29, 1.82) is 0 Å². The van der Waals surface area contributed by atoms with Crippen LogP contribution in [-0.2, 0) is 6.42 Å². The van der Waals surface area contributed by atoms with Gasteiger partial charge in [-0.25, -0.2) is 15.0 Å². The molecule has 1 N–H and O–H groups in total. The molecule has 1 atom stereocenters. The first-order valence-electron chi connectivity index (χ1n) is 7.47. The van der Waals surface area contributed by atoms with Crippen molar-refractivity contribution in [2.24, 2.45) is 0 Å². The summed E-state index contributed by atoms with van der Waals surface area (Å²) in [5.74, 6) is 0.219. The maximum absolute atomic E-state index is 4.42. The van der Waals surface area contributed by atoms with Gasteiger partial charge in [0.2, 0.25) is 0 Å². The zero-order chi connectivity index (χ0) is 15.5. The van der Waals surface area contributed by atoms with Gasteiger partial charge in [0.15, 0.2) is 0 Å². The Bertz CT molecular complexity index is 763. The standard InChI is InChI=1S/C18H20N4/c1-12-5-4-6-16(14(12)3)17(18-9-19-10-22-18)8-15-7-13(2)20-11-21-15/h4-7,9-11,17H,8H2,1-3H3,(H,19,22). The summed E-state index contributed by atoms with van der Waals surface area (Å²) >= 11 is 0. The molecule has 0 fully saturated rings. The minimum absolute atomic E-state index is 0.219. The van der Waals surface area contributed by atoms with Gasteiger partial charge in [0.25, 0.3) is 0 Å². The zero-order valence-electron chi connectivity index (χ0n) is 13.2. The number of aryl methyl sites for hydroxylation is 2. The van der Waals surface area contributed by atoms with Crippen molar-refractivity contribution in [3.8, 4) is 0 Å². The van der Waals surface area contributed by atoms with Crippen molar-refractivity contribution in [2.45, 2.75) is 33.1 Å². The molecule has 0 amide bonds. The van der Waals surface area contributed by atoms with Crippen molar-refractivity contribution in [1.82, 2.24) is 19.9 Å². The Morgan fingerprint density at radius 2 is 2.00 bits per heavy atom. The summed E-state index contributed by atoms with van der Waals surface area (Å²) in [6, 6.07) is 8.51. The van der Waals surface area contributed by atoms with Gasteiger partial charge >= 0.3 is 0 Å². The zero-order valence-corrected chi connectivity index (χ0v) is 13.2. The molecule has 1 unspecified atom stereocenters. The summed E-state index contributed by atoms with van der Waals surface area (Å²) in [7, 11) is 0. The van der Waals surface area contributed by atoms with Gasteiger partial charge in [0.05, 0.1) is 6.33 Å². The fourth-order valence-electron chi connectivity index (χ4n) is 2.83. The van der Waals surface area contributed by atoms with E-state index in [4.69, 9.17) is 0 Å². The predicted octanol–water partition coefficient (Wildman–Crippen LogP) is 3.50. The third-order valence-electron chi connectivity index (χ3n) is 4.19. The van der Waals surface area contributed by atoms with Gasteiger partial charge in [-0.2, -0.15) is 0 Å². The molecule has 4 heteroatoms. The number of aromatic nitrogens is 4. The first-order chi connectivity index (χ1) is 10.6. The van der Waals surface area contributed by atoms with E-state index in [-0.39, 0.29) is 5.92 Å². The Balaban J connectivity index is 2.03. The van der Waals surface area contributed by atoms with Crippen LogP contribution in [0.5, 0.6) is 0 Å². The minimum atomic E-state index is 0.219. The number of nitrogens with zero attached hydrogens (tertiary/aromatic N) is 3. The largest absolute Gasteiger partial charge is 0.348 e. The van der Waals surface area contributed by atoms with E-state index in [1.54, 1.807) is 12.7 Å². The molecular formula is C18H20N4. The van der Waals surface area contributed by atoms with Crippen LogP contribution < -0.4 is 0 Å². The Labute approximate surface area is 130 Å². The molecule has 0 aliphatic heterocycles. The summed E-state index contributed by atoms with van der Waals surface area (Å²) in [4.78, 5) is 16.1. The SMILES string of the molecule is Cc1cc(CC(c2cnc[nH]2)c2cccc(C)c2C)ncn1. The highest BCUT2D eigenvalue weighted by molar-refractivity contribution is 5.40. The van der Waals surface area contributed by atoms with E-state index in [1.807, 2.05) is 13.1 Å². The summed E-state index contributed by atoms with van der Waals surface area (Å²) < 4.78 is 0. The normalized spacial score (nSPS) is 12.3. The molecule has 0 bridgehead atoms. The molecule has 2 aromatic heterocycles. The average Bonchev–Trinajstić information content (AvgIpc) is 3.02. The second-order valence-corrected chi connectivity index (χ2v) is 5.70. The molecule has 3 rings (SSSR count). The number of rotatable bonds is 4. The van der Waals surface area contributed by atoms with Crippen LogP contribution in [0.15, 0.2) is 43.1 Å². The molecule has 4 nitrogen and oxygen atoms in total. The maximum Gasteiger partial charge on any atom is 0.115 e. The summed E-state index contributed by atoms with van der Waals surface area (Å²) in [5, 5.41) is 0. The smallest absolute Gasteiger partial charge is 0.115 e.